The number of nitrogens with zero attached hydrogens (tertiary/aromatic N) is 1. The highest BCUT2D eigenvalue weighted by atomic mass is 16.5. The van der Waals surface area contributed by atoms with Gasteiger partial charge in [-0.3, -0.25) is 9.59 Å². The van der Waals surface area contributed by atoms with Crippen LogP contribution >= 0.6 is 0 Å². The first-order chi connectivity index (χ1) is 16.2. The van der Waals surface area contributed by atoms with Gasteiger partial charge in [-0.2, -0.15) is 0 Å². The van der Waals surface area contributed by atoms with E-state index in [0.29, 0.717) is 18.1 Å². The van der Waals surface area contributed by atoms with Crippen LogP contribution in [-0.4, -0.2) is 49.1 Å². The Balaban J connectivity index is 1.38. The minimum absolute atomic E-state index is 0.0579. The van der Waals surface area contributed by atoms with Crippen LogP contribution in [0.25, 0.3) is 0 Å². The summed E-state index contributed by atoms with van der Waals surface area (Å²) in [4.78, 5) is 28.9. The number of benzene rings is 2. The van der Waals surface area contributed by atoms with Crippen molar-refractivity contribution in [1.82, 2.24) is 10.2 Å². The Bertz CT molecular complexity index is 995. The van der Waals surface area contributed by atoms with Gasteiger partial charge < -0.3 is 20.3 Å². The number of nitrogens with one attached hydrogen (secondary N) is 2. The van der Waals surface area contributed by atoms with Crippen LogP contribution in [0.15, 0.2) is 54.6 Å². The first-order valence-electron chi connectivity index (χ1n) is 12.2. The van der Waals surface area contributed by atoms with Crippen LogP contribution in [0.4, 0.5) is 5.69 Å². The zero-order valence-electron chi connectivity index (χ0n) is 19.2. The number of carbonyl (C=O) groups is 2. The van der Waals surface area contributed by atoms with Crippen molar-refractivity contribution >= 4 is 17.5 Å². The fraction of sp³-hybridized carbons (Fsp3) is 0.481. The molecule has 0 radical (unpaired) electrons. The van der Waals surface area contributed by atoms with E-state index in [4.69, 9.17) is 4.74 Å². The molecule has 1 aliphatic carbocycles. The Kier molecular flexibility index (Phi) is 6.36. The van der Waals surface area contributed by atoms with E-state index < -0.39 is 0 Å². The quantitative estimate of drug-likeness (QED) is 0.727. The molecule has 0 bridgehead atoms. The number of hydrogen-bond donors (Lipinski definition) is 2. The average Bonchev–Trinajstić information content (AvgIpc) is 3.31. The van der Waals surface area contributed by atoms with Gasteiger partial charge in [-0.25, -0.2) is 0 Å². The molecule has 2 aromatic carbocycles. The summed E-state index contributed by atoms with van der Waals surface area (Å²) in [6.07, 6.45) is 4.70. The number of methoxy groups -OCH3 is 1. The second-order valence-electron chi connectivity index (χ2n) is 9.56. The fourth-order valence-electron chi connectivity index (χ4n) is 6.07. The van der Waals surface area contributed by atoms with Crippen LogP contribution in [-0.2, 0) is 9.53 Å². The first kappa shape index (κ1) is 22.0. The number of fused-ring (bicyclic) bond motifs is 3. The molecule has 6 nitrogen and oxygen atoms in total. The number of rotatable bonds is 5. The predicted molar refractivity (Wildman–Crippen MR) is 128 cm³/mol. The number of likely N-dealkylation sites (tertiary alicyclic amines) is 1. The number of carbonyl (C=O) groups excluding carboxylic acids is 2. The van der Waals surface area contributed by atoms with E-state index in [1.54, 1.807) is 7.11 Å². The summed E-state index contributed by atoms with van der Waals surface area (Å²) in [6, 6.07) is 17.7. The Morgan fingerprint density at radius 1 is 1.03 bits per heavy atom. The Hall–Kier alpha value is -2.86. The molecule has 174 valence electrons. The van der Waals surface area contributed by atoms with E-state index in [2.05, 4.69) is 33.7 Å². The van der Waals surface area contributed by atoms with Crippen molar-refractivity contribution in [3.05, 3.63) is 65.7 Å². The van der Waals surface area contributed by atoms with Crippen molar-refractivity contribution in [2.24, 2.45) is 11.8 Å². The van der Waals surface area contributed by atoms with Gasteiger partial charge in [-0.05, 0) is 43.0 Å². The second kappa shape index (κ2) is 9.56. The molecule has 3 aliphatic rings. The highest BCUT2D eigenvalue weighted by Crippen LogP contribution is 2.47. The number of hydrogen-bond acceptors (Lipinski definition) is 4. The number of para-hydroxylation sites is 1. The lowest BCUT2D eigenvalue weighted by Crippen LogP contribution is -2.50. The molecule has 0 aromatic heterocycles. The molecule has 2 heterocycles. The standard InChI is InChI=1S/C27H33N3O3/c1-33-17-24-20-15-16-30(25(20)19-11-5-7-13-22(19)28-24)27(32)21-12-6-8-14-23(21)29-26(31)18-9-3-2-4-10-18/h2-5,7,9-11,13,20-21,23-25,28H,6,8,12,14-17H2,1H3,(H,29,31)/t20?,21-,23+,24-,25-/m0/s1. The molecular formula is C27H33N3O3. The Morgan fingerprint density at radius 3 is 2.61 bits per heavy atom. The summed E-state index contributed by atoms with van der Waals surface area (Å²) in [5.41, 5.74) is 2.93. The molecule has 1 saturated carbocycles. The molecule has 2 fully saturated rings. The Morgan fingerprint density at radius 2 is 1.79 bits per heavy atom. The summed E-state index contributed by atoms with van der Waals surface area (Å²) in [6.45, 7) is 1.37. The lowest BCUT2D eigenvalue weighted by atomic mass is 9.81. The zero-order chi connectivity index (χ0) is 22.8. The summed E-state index contributed by atoms with van der Waals surface area (Å²) in [5, 5.41) is 6.83. The zero-order valence-corrected chi connectivity index (χ0v) is 19.2. The normalized spacial score (nSPS) is 28.4. The molecule has 5 atom stereocenters. The molecule has 2 aliphatic heterocycles. The van der Waals surface area contributed by atoms with Gasteiger partial charge in [0.05, 0.1) is 24.6 Å². The van der Waals surface area contributed by atoms with Crippen molar-refractivity contribution in [3.8, 4) is 0 Å². The number of amides is 2. The van der Waals surface area contributed by atoms with E-state index in [1.807, 2.05) is 36.4 Å². The predicted octanol–water partition coefficient (Wildman–Crippen LogP) is 4.01. The lowest BCUT2D eigenvalue weighted by molar-refractivity contribution is -0.139. The molecule has 2 N–H and O–H groups in total. The first-order valence-corrected chi connectivity index (χ1v) is 12.2. The van der Waals surface area contributed by atoms with Crippen LogP contribution in [0.2, 0.25) is 0 Å². The third kappa shape index (κ3) is 4.24. The highest BCUT2D eigenvalue weighted by molar-refractivity contribution is 5.94. The van der Waals surface area contributed by atoms with Crippen molar-refractivity contribution in [1.29, 1.82) is 0 Å². The summed E-state index contributed by atoms with van der Waals surface area (Å²) < 4.78 is 5.51. The minimum atomic E-state index is -0.173. The van der Waals surface area contributed by atoms with Gasteiger partial charge in [0, 0.05) is 36.9 Å². The van der Waals surface area contributed by atoms with E-state index in [-0.39, 0.29) is 35.9 Å². The van der Waals surface area contributed by atoms with Crippen molar-refractivity contribution in [3.63, 3.8) is 0 Å². The van der Waals surface area contributed by atoms with Gasteiger partial charge in [0.1, 0.15) is 0 Å². The van der Waals surface area contributed by atoms with Gasteiger partial charge >= 0.3 is 0 Å². The summed E-state index contributed by atoms with van der Waals surface area (Å²) in [5.74, 6) is 0.248. The molecule has 1 unspecified atom stereocenters. The molecule has 2 amide bonds. The molecule has 0 spiro atoms. The van der Waals surface area contributed by atoms with Crippen LogP contribution in [0.3, 0.4) is 0 Å². The van der Waals surface area contributed by atoms with Crippen LogP contribution in [0, 0.1) is 11.8 Å². The van der Waals surface area contributed by atoms with Crippen molar-refractivity contribution in [2.75, 3.05) is 25.6 Å². The number of anilines is 1. The Labute approximate surface area is 195 Å². The van der Waals surface area contributed by atoms with E-state index in [9.17, 15) is 9.59 Å². The molecule has 2 aromatic rings. The fourth-order valence-corrected chi connectivity index (χ4v) is 6.07. The lowest BCUT2D eigenvalue weighted by Gasteiger charge is -2.41. The molecule has 6 heteroatoms. The summed E-state index contributed by atoms with van der Waals surface area (Å²) >= 11 is 0. The number of ether oxygens (including phenoxy) is 1. The third-order valence-electron chi connectivity index (χ3n) is 7.65. The summed E-state index contributed by atoms with van der Waals surface area (Å²) in [7, 11) is 1.73. The van der Waals surface area contributed by atoms with Crippen LogP contribution < -0.4 is 10.6 Å². The molecule has 5 rings (SSSR count). The molecule has 1 saturated heterocycles. The SMILES string of the molecule is COC[C@@H]1Nc2ccccc2[C@H]2C1CCN2C(=O)[C@H]1CCCC[C@H]1NC(=O)c1ccccc1. The minimum Gasteiger partial charge on any atom is -0.383 e. The molecular weight excluding hydrogens is 414 g/mol. The topological polar surface area (TPSA) is 70.7 Å². The van der Waals surface area contributed by atoms with E-state index >= 15 is 0 Å². The largest absolute Gasteiger partial charge is 0.383 e. The van der Waals surface area contributed by atoms with Gasteiger partial charge in [-0.15, -0.1) is 0 Å². The maximum absolute atomic E-state index is 14.0. The highest BCUT2D eigenvalue weighted by Gasteiger charge is 2.48. The van der Waals surface area contributed by atoms with Gasteiger partial charge in [0.15, 0.2) is 0 Å². The monoisotopic (exact) mass is 447 g/mol. The van der Waals surface area contributed by atoms with Crippen molar-refractivity contribution < 1.29 is 14.3 Å². The molecule has 33 heavy (non-hydrogen) atoms. The third-order valence-corrected chi connectivity index (χ3v) is 7.65. The van der Waals surface area contributed by atoms with Gasteiger partial charge in [-0.1, -0.05) is 49.2 Å². The maximum atomic E-state index is 14.0. The van der Waals surface area contributed by atoms with Gasteiger partial charge in [0.25, 0.3) is 5.91 Å². The smallest absolute Gasteiger partial charge is 0.251 e. The average molecular weight is 448 g/mol. The van der Waals surface area contributed by atoms with Crippen LogP contribution in [0.5, 0.6) is 0 Å². The maximum Gasteiger partial charge on any atom is 0.251 e. The van der Waals surface area contributed by atoms with E-state index in [1.165, 1.54) is 5.56 Å². The van der Waals surface area contributed by atoms with E-state index in [0.717, 1.165) is 44.3 Å². The second-order valence-corrected chi connectivity index (χ2v) is 9.56. The van der Waals surface area contributed by atoms with Crippen molar-refractivity contribution in [2.45, 2.75) is 50.2 Å². The van der Waals surface area contributed by atoms with Gasteiger partial charge in [0.2, 0.25) is 5.91 Å². The van der Waals surface area contributed by atoms with Crippen LogP contribution in [0.1, 0.15) is 54.1 Å².